The maximum absolute atomic E-state index is 13.4. The lowest BCUT2D eigenvalue weighted by molar-refractivity contribution is -0.383. The Balaban J connectivity index is 2.30. The van der Waals surface area contributed by atoms with Crippen LogP contribution in [0.15, 0.2) is 48.5 Å². The van der Waals surface area contributed by atoms with Crippen LogP contribution in [0.5, 0.6) is 0 Å². The second kappa shape index (κ2) is 5.26. The molecule has 0 aliphatic rings. The van der Waals surface area contributed by atoms with Crippen LogP contribution in [-0.2, 0) is 0 Å². The van der Waals surface area contributed by atoms with Crippen LogP contribution in [0, 0.1) is 15.9 Å². The average molecular weight is 260 g/mol. The van der Waals surface area contributed by atoms with E-state index in [4.69, 9.17) is 0 Å². The molecule has 6 heteroatoms. The zero-order chi connectivity index (χ0) is 13.8. The largest absolute Gasteiger partial charge is 0.316 e. The molecule has 0 fully saturated rings. The molecule has 0 heterocycles. The van der Waals surface area contributed by atoms with Gasteiger partial charge < -0.3 is 5.32 Å². The number of carbonyl (C=O) groups is 1. The lowest BCUT2D eigenvalue weighted by Crippen LogP contribution is -2.14. The normalized spacial score (nSPS) is 9.95. The highest BCUT2D eigenvalue weighted by Crippen LogP contribution is 2.24. The van der Waals surface area contributed by atoms with Crippen molar-refractivity contribution in [3.8, 4) is 0 Å². The van der Waals surface area contributed by atoms with Crippen molar-refractivity contribution >= 4 is 17.3 Å². The topological polar surface area (TPSA) is 72.2 Å². The summed E-state index contributed by atoms with van der Waals surface area (Å²) in [6, 6.07) is 11.1. The number of nitro benzene ring substituents is 1. The van der Waals surface area contributed by atoms with Crippen molar-refractivity contribution in [2.75, 3.05) is 5.32 Å². The molecule has 1 amide bonds. The highest BCUT2D eigenvalue weighted by molar-refractivity contribution is 6.05. The van der Waals surface area contributed by atoms with E-state index in [9.17, 15) is 19.3 Å². The van der Waals surface area contributed by atoms with Crippen molar-refractivity contribution < 1.29 is 14.1 Å². The summed E-state index contributed by atoms with van der Waals surface area (Å²) in [6.07, 6.45) is 0. The molecule has 96 valence electrons. The maximum atomic E-state index is 13.4. The summed E-state index contributed by atoms with van der Waals surface area (Å²) in [6.45, 7) is 0. The number of nitrogens with zero attached hydrogens (tertiary/aromatic N) is 1. The van der Waals surface area contributed by atoms with E-state index in [-0.39, 0.29) is 16.9 Å². The number of hydrogen-bond acceptors (Lipinski definition) is 3. The zero-order valence-electron chi connectivity index (χ0n) is 9.67. The van der Waals surface area contributed by atoms with Gasteiger partial charge in [0.15, 0.2) is 0 Å². The molecule has 0 unspecified atom stereocenters. The molecule has 1 N–H and O–H groups in total. The van der Waals surface area contributed by atoms with Gasteiger partial charge in [-0.2, -0.15) is 0 Å². The van der Waals surface area contributed by atoms with Gasteiger partial charge in [0, 0.05) is 6.07 Å². The molecule has 2 aromatic rings. The van der Waals surface area contributed by atoms with Crippen LogP contribution in [0.1, 0.15) is 10.4 Å². The molecule has 0 saturated carbocycles. The maximum Gasteiger partial charge on any atom is 0.292 e. The van der Waals surface area contributed by atoms with E-state index in [1.165, 1.54) is 36.4 Å². The SMILES string of the molecule is O=C(Nc1ccccc1[N+](=O)[O-])c1ccccc1F. The third-order valence-electron chi connectivity index (χ3n) is 2.47. The fourth-order valence-corrected chi connectivity index (χ4v) is 1.57. The van der Waals surface area contributed by atoms with Crippen molar-refractivity contribution in [2.45, 2.75) is 0 Å². The summed E-state index contributed by atoms with van der Waals surface area (Å²) in [4.78, 5) is 22.0. The molecule has 0 atom stereocenters. The minimum Gasteiger partial charge on any atom is -0.316 e. The number of para-hydroxylation sites is 2. The molecule has 0 saturated heterocycles. The third-order valence-corrected chi connectivity index (χ3v) is 2.47. The second-order valence-corrected chi connectivity index (χ2v) is 3.71. The third kappa shape index (κ3) is 2.74. The van der Waals surface area contributed by atoms with Gasteiger partial charge in [-0.05, 0) is 18.2 Å². The van der Waals surface area contributed by atoms with Gasteiger partial charge in [0.05, 0.1) is 10.5 Å². The molecule has 0 radical (unpaired) electrons. The van der Waals surface area contributed by atoms with Crippen LogP contribution in [0.2, 0.25) is 0 Å². The average Bonchev–Trinajstić information content (AvgIpc) is 2.39. The Kier molecular flexibility index (Phi) is 3.51. The number of nitrogens with one attached hydrogen (secondary N) is 1. The molecule has 2 rings (SSSR count). The van der Waals surface area contributed by atoms with Crippen molar-refractivity contribution in [1.82, 2.24) is 0 Å². The Bertz CT molecular complexity index is 643. The second-order valence-electron chi connectivity index (χ2n) is 3.71. The minimum atomic E-state index is -0.729. The Hall–Kier alpha value is -2.76. The van der Waals surface area contributed by atoms with E-state index in [1.807, 2.05) is 0 Å². The van der Waals surface area contributed by atoms with Crippen molar-refractivity contribution in [2.24, 2.45) is 0 Å². The Morgan fingerprint density at radius 2 is 1.74 bits per heavy atom. The van der Waals surface area contributed by atoms with Crippen LogP contribution in [0.25, 0.3) is 0 Å². The Labute approximate surface area is 107 Å². The first-order valence-electron chi connectivity index (χ1n) is 5.39. The molecule has 5 nitrogen and oxygen atoms in total. The monoisotopic (exact) mass is 260 g/mol. The number of carbonyl (C=O) groups excluding carboxylic acids is 1. The van der Waals surface area contributed by atoms with Crippen LogP contribution < -0.4 is 5.32 Å². The van der Waals surface area contributed by atoms with Crippen molar-refractivity contribution in [1.29, 1.82) is 0 Å². The smallest absolute Gasteiger partial charge is 0.292 e. The molecule has 0 aliphatic carbocycles. The first kappa shape index (κ1) is 12.7. The Morgan fingerprint density at radius 3 is 2.42 bits per heavy atom. The van der Waals surface area contributed by atoms with Gasteiger partial charge in [-0.15, -0.1) is 0 Å². The lowest BCUT2D eigenvalue weighted by Gasteiger charge is -2.06. The summed E-state index contributed by atoms with van der Waals surface area (Å²) in [5.74, 6) is -1.41. The number of benzene rings is 2. The van der Waals surface area contributed by atoms with E-state index in [0.717, 1.165) is 6.07 Å². The van der Waals surface area contributed by atoms with Crippen LogP contribution >= 0.6 is 0 Å². The highest BCUT2D eigenvalue weighted by atomic mass is 19.1. The Morgan fingerprint density at radius 1 is 1.11 bits per heavy atom. The number of amides is 1. The quantitative estimate of drug-likeness (QED) is 0.681. The van der Waals surface area contributed by atoms with Gasteiger partial charge in [0.25, 0.3) is 11.6 Å². The molecular weight excluding hydrogens is 251 g/mol. The van der Waals surface area contributed by atoms with E-state index in [2.05, 4.69) is 5.32 Å². The number of nitro groups is 1. The number of halogens is 1. The first-order chi connectivity index (χ1) is 9.09. The fraction of sp³-hybridized carbons (Fsp3) is 0. The zero-order valence-corrected chi connectivity index (χ0v) is 9.67. The highest BCUT2D eigenvalue weighted by Gasteiger charge is 2.17. The van der Waals surface area contributed by atoms with Crippen LogP contribution in [0.3, 0.4) is 0 Å². The van der Waals surface area contributed by atoms with E-state index < -0.39 is 16.6 Å². The van der Waals surface area contributed by atoms with Crippen LogP contribution in [0.4, 0.5) is 15.8 Å². The number of rotatable bonds is 3. The molecule has 0 aromatic heterocycles. The van der Waals surface area contributed by atoms with Crippen LogP contribution in [-0.4, -0.2) is 10.8 Å². The predicted molar refractivity (Wildman–Crippen MR) is 67.4 cm³/mol. The van der Waals surface area contributed by atoms with Gasteiger partial charge in [-0.1, -0.05) is 24.3 Å². The first-order valence-corrected chi connectivity index (χ1v) is 5.39. The fourth-order valence-electron chi connectivity index (χ4n) is 1.57. The van der Waals surface area contributed by atoms with Gasteiger partial charge in [-0.3, -0.25) is 14.9 Å². The number of hydrogen-bond donors (Lipinski definition) is 1. The summed E-state index contributed by atoms with van der Waals surface area (Å²) in [5.41, 5.74) is -0.381. The molecule has 19 heavy (non-hydrogen) atoms. The molecule has 0 aliphatic heterocycles. The minimum absolute atomic E-state index is 0.0285. The summed E-state index contributed by atoms with van der Waals surface area (Å²) >= 11 is 0. The number of anilines is 1. The lowest BCUT2D eigenvalue weighted by atomic mass is 10.2. The van der Waals surface area contributed by atoms with Crippen molar-refractivity contribution in [3.63, 3.8) is 0 Å². The summed E-state index contributed by atoms with van der Waals surface area (Å²) < 4.78 is 13.4. The van der Waals surface area contributed by atoms with Gasteiger partial charge in [0.1, 0.15) is 11.5 Å². The summed E-state index contributed by atoms with van der Waals surface area (Å²) in [5, 5.41) is 13.1. The van der Waals surface area contributed by atoms with Crippen molar-refractivity contribution in [3.05, 3.63) is 70.0 Å². The van der Waals surface area contributed by atoms with E-state index in [1.54, 1.807) is 6.07 Å². The molecule has 0 spiro atoms. The molecule has 2 aromatic carbocycles. The summed E-state index contributed by atoms with van der Waals surface area (Å²) in [7, 11) is 0. The van der Waals surface area contributed by atoms with Gasteiger partial charge in [0.2, 0.25) is 0 Å². The molecular formula is C13H9FN2O3. The standard InChI is InChI=1S/C13H9FN2O3/c14-10-6-2-1-5-9(10)13(17)15-11-7-3-4-8-12(11)16(18)19/h1-8H,(H,15,17). The predicted octanol–water partition coefficient (Wildman–Crippen LogP) is 2.99. The van der Waals surface area contributed by atoms with E-state index >= 15 is 0 Å². The molecule has 0 bridgehead atoms. The van der Waals surface area contributed by atoms with Gasteiger partial charge >= 0.3 is 0 Å². The van der Waals surface area contributed by atoms with E-state index in [0.29, 0.717) is 0 Å². The van der Waals surface area contributed by atoms with Gasteiger partial charge in [-0.25, -0.2) is 4.39 Å².